The fraction of sp³-hybridized carbons (Fsp3) is 1.00. The molecule has 62 valence electrons. The third-order valence-corrected chi connectivity index (χ3v) is 154. The summed E-state index contributed by atoms with van der Waals surface area (Å²) in [5, 5.41) is 0. The van der Waals surface area contributed by atoms with E-state index in [2.05, 4.69) is 37.4 Å². The van der Waals surface area contributed by atoms with Gasteiger partial charge in [-0.3, -0.25) is 0 Å². The van der Waals surface area contributed by atoms with Crippen LogP contribution in [-0.4, -0.2) is 20.7 Å². The molecular weight excluding hydrogens is 581 g/mol. The van der Waals surface area contributed by atoms with E-state index >= 15 is 0 Å². The first-order chi connectivity index (χ1) is 4.66. The van der Waals surface area contributed by atoms with E-state index in [4.69, 9.17) is 0 Å². The van der Waals surface area contributed by atoms with Crippen LogP contribution in [0.4, 0.5) is 0 Å². The van der Waals surface area contributed by atoms with E-state index in [0.717, 1.165) is 0 Å². The molecule has 4 heteroatoms. The van der Waals surface area contributed by atoms with Gasteiger partial charge in [0.05, 0.1) is 0 Å². The molecule has 0 N–H and O–H groups in total. The zero-order chi connectivity index (χ0) is 7.24. The number of hydrogen-bond acceptors (Lipinski definition) is 0. The summed E-state index contributed by atoms with van der Waals surface area (Å²) in [7, 11) is -2.10. The molecule has 0 nitrogen and oxygen atoms in total. The third kappa shape index (κ3) is 1.42. The first kappa shape index (κ1) is 9.59. The summed E-state index contributed by atoms with van der Waals surface area (Å²) in [5.74, 6) is 0. The van der Waals surface area contributed by atoms with Crippen molar-refractivity contribution >= 4 is 58.1 Å². The molecule has 0 aliphatic carbocycles. The Kier molecular flexibility index (Phi) is 3.18. The van der Waals surface area contributed by atoms with Crippen LogP contribution in [0, 0.1) is 0 Å². The van der Waals surface area contributed by atoms with Crippen molar-refractivity contribution in [1.82, 2.24) is 0 Å². The zero-order valence-corrected chi connectivity index (χ0v) is 14.8. The van der Waals surface area contributed by atoms with E-state index in [0.29, 0.717) is 0 Å². The minimum atomic E-state index is -1.05. The Hall–Kier alpha value is 3.04. The second-order valence-corrected chi connectivity index (χ2v) is 87.8. The average molecular weight is 593 g/mol. The monoisotopic (exact) mass is 598 g/mol. The molecule has 0 unspecified atom stereocenters. The van der Waals surface area contributed by atoms with E-state index in [1.54, 1.807) is 30.7 Å². The van der Waals surface area contributed by atoms with Gasteiger partial charge in [0.2, 0.25) is 0 Å². The maximum atomic E-state index is 3.00. The summed E-state index contributed by atoms with van der Waals surface area (Å²) in [6.45, 7) is 0. The summed E-state index contributed by atoms with van der Waals surface area (Å²) in [6.07, 6.45) is 3.29. The molecule has 2 aliphatic rings. The molecule has 0 bridgehead atoms. The van der Waals surface area contributed by atoms with Gasteiger partial charge in [-0.2, -0.15) is 0 Å². The molecule has 10 heavy (non-hydrogen) atoms. The molecule has 2 fully saturated rings. The first-order valence-electron chi connectivity index (χ1n) is 3.63. The Bertz CT molecular complexity index is 134. The van der Waals surface area contributed by atoms with Gasteiger partial charge in [0.25, 0.3) is 0 Å². The Morgan fingerprint density at radius 3 is 1.30 bits per heavy atom. The van der Waals surface area contributed by atoms with Crippen molar-refractivity contribution in [2.75, 3.05) is 0 Å². The van der Waals surface area contributed by atoms with Gasteiger partial charge in [0.1, 0.15) is 0 Å². The molecule has 0 aromatic heterocycles. The molecule has 0 radical (unpaired) electrons. The SMILES string of the molecule is I[Te]12CCC[Te]1(I)CCC2. The fourth-order valence-electron chi connectivity index (χ4n) is 1.78. The van der Waals surface area contributed by atoms with Crippen molar-refractivity contribution < 1.29 is 0 Å². The van der Waals surface area contributed by atoms with Gasteiger partial charge in [-0.25, -0.2) is 0 Å². The van der Waals surface area contributed by atoms with Crippen LogP contribution in [0.25, 0.3) is 0 Å². The molecule has 0 atom stereocenters. The summed E-state index contributed by atoms with van der Waals surface area (Å²) in [5.41, 5.74) is 0. The van der Waals surface area contributed by atoms with Crippen LogP contribution in [0.15, 0.2) is 0 Å². The molecule has 0 amide bonds. The van der Waals surface area contributed by atoms with Crippen molar-refractivity contribution in [2.24, 2.45) is 0 Å². The molecule has 0 spiro atoms. The van der Waals surface area contributed by atoms with E-state index in [1.165, 1.54) is 0 Å². The summed E-state index contributed by atoms with van der Waals surface area (Å²) >= 11 is 6.00. The van der Waals surface area contributed by atoms with Gasteiger partial charge in [-0.05, 0) is 0 Å². The van der Waals surface area contributed by atoms with Crippen LogP contribution in [0.2, 0.25) is 17.9 Å². The van der Waals surface area contributed by atoms with Gasteiger partial charge >= 0.3 is 88.8 Å². The number of halogens is 2. The Balaban J connectivity index is 2.30. The predicted octanol–water partition coefficient (Wildman–Crippen LogP) is 3.63. The van der Waals surface area contributed by atoms with E-state index < -0.39 is 20.7 Å². The molecule has 2 saturated heterocycles. The maximum absolute atomic E-state index is 3.00. The second kappa shape index (κ2) is 3.31. The van der Waals surface area contributed by atoms with Gasteiger partial charge < -0.3 is 0 Å². The van der Waals surface area contributed by atoms with Crippen molar-refractivity contribution in [2.45, 2.75) is 30.7 Å². The fourth-order valence-corrected chi connectivity index (χ4v) is 89.1. The van der Waals surface area contributed by atoms with Crippen molar-refractivity contribution in [1.29, 1.82) is 0 Å². The second-order valence-electron chi connectivity index (χ2n) is 2.97. The Morgan fingerprint density at radius 2 is 1.00 bits per heavy atom. The van der Waals surface area contributed by atoms with Gasteiger partial charge in [-0.1, -0.05) is 0 Å². The number of hydrogen-bond donors (Lipinski definition) is 0. The molecule has 0 saturated carbocycles. The van der Waals surface area contributed by atoms with Crippen LogP contribution in [-0.2, 0) is 0 Å². The first-order valence-corrected chi connectivity index (χ1v) is 31.1. The quantitative estimate of drug-likeness (QED) is 0.298. The van der Waals surface area contributed by atoms with Crippen molar-refractivity contribution in [3.63, 3.8) is 0 Å². The molecule has 2 rings (SSSR count). The predicted molar refractivity (Wildman–Crippen MR) is 68.0 cm³/mol. The molecule has 0 aromatic carbocycles. The standard InChI is InChI=1S/C6H12I2Te2/c7-9-3-1-4-10(9,8)6-2-5-9/h1-6H2. The van der Waals surface area contributed by atoms with Gasteiger partial charge in [-0.15, -0.1) is 0 Å². The van der Waals surface area contributed by atoms with Crippen molar-refractivity contribution in [3.05, 3.63) is 0 Å². The van der Waals surface area contributed by atoms with Gasteiger partial charge in [0, 0.05) is 0 Å². The average Bonchev–Trinajstić information content (AvgIpc) is 2.20. The summed E-state index contributed by atoms with van der Waals surface area (Å²) in [6, 6.07) is 0. The van der Waals surface area contributed by atoms with Crippen LogP contribution >= 0.6 is 37.4 Å². The third-order valence-electron chi connectivity index (χ3n) is 2.33. The minimum absolute atomic E-state index is 1.05. The Morgan fingerprint density at radius 1 is 0.700 bits per heavy atom. The van der Waals surface area contributed by atoms with E-state index in [9.17, 15) is 0 Å². The Labute approximate surface area is 86.6 Å². The van der Waals surface area contributed by atoms with Gasteiger partial charge in [0.15, 0.2) is 0 Å². The van der Waals surface area contributed by atoms with Crippen LogP contribution in [0.3, 0.4) is 0 Å². The molecular formula is C6H12I2Te2. The van der Waals surface area contributed by atoms with Crippen LogP contribution in [0.5, 0.6) is 0 Å². The van der Waals surface area contributed by atoms with Crippen LogP contribution < -0.4 is 0 Å². The molecule has 0 aromatic rings. The summed E-state index contributed by atoms with van der Waals surface area (Å²) in [4.78, 5) is 0. The number of rotatable bonds is 0. The summed E-state index contributed by atoms with van der Waals surface area (Å²) < 4.78 is 7.03. The number of fused-ring (bicyclic) bond motifs is 1. The molecule has 2 aliphatic heterocycles. The normalized spacial score (nSPS) is 66.2. The van der Waals surface area contributed by atoms with E-state index in [-0.39, 0.29) is 0 Å². The van der Waals surface area contributed by atoms with Crippen molar-refractivity contribution in [3.8, 4) is 0 Å². The topological polar surface area (TPSA) is 0 Å². The van der Waals surface area contributed by atoms with Crippen LogP contribution in [0.1, 0.15) is 12.8 Å². The van der Waals surface area contributed by atoms with E-state index in [1.807, 2.05) is 0 Å². The molecule has 2 heterocycles. The zero-order valence-electron chi connectivity index (χ0n) is 5.82.